The van der Waals surface area contributed by atoms with E-state index in [1.54, 1.807) is 0 Å². The lowest BCUT2D eigenvalue weighted by atomic mass is 10.1. The maximum absolute atomic E-state index is 13.2. The number of imidazole rings is 1. The summed E-state index contributed by atoms with van der Waals surface area (Å²) in [5, 5.41) is 5.95. The van der Waals surface area contributed by atoms with Crippen LogP contribution < -0.4 is 10.6 Å². The highest BCUT2D eigenvalue weighted by molar-refractivity contribution is 5.82. The number of morpholine rings is 1. The monoisotopic (exact) mass is 421 g/mol. The van der Waals surface area contributed by atoms with Gasteiger partial charge in [-0.05, 0) is 26.2 Å². The van der Waals surface area contributed by atoms with Crippen LogP contribution in [0.15, 0.2) is 6.20 Å². The van der Waals surface area contributed by atoms with Crippen LogP contribution in [0.25, 0.3) is 0 Å². The van der Waals surface area contributed by atoms with Gasteiger partial charge in [0, 0.05) is 44.3 Å². The Balaban J connectivity index is 1.70. The number of amides is 2. The standard InChI is InChI=1S/C21H35N5O4/c1-14(2)19-24-17(13-25(19)10-5-8-23-21(28)29-4)15(3)26(16-6-7-16)20(27)18-12-22-9-11-30-18/h13-16,18,22H,5-12H2,1-4H3,(H,23,28)/t15-,18-/m1/s1. The van der Waals surface area contributed by atoms with Crippen LogP contribution in [0.4, 0.5) is 4.79 Å². The maximum Gasteiger partial charge on any atom is 0.406 e. The third kappa shape index (κ3) is 5.51. The van der Waals surface area contributed by atoms with E-state index in [-0.39, 0.29) is 23.9 Å². The highest BCUT2D eigenvalue weighted by Gasteiger charge is 2.40. The van der Waals surface area contributed by atoms with Crippen LogP contribution in [0.5, 0.6) is 0 Å². The van der Waals surface area contributed by atoms with Crippen molar-refractivity contribution < 1.29 is 19.1 Å². The number of nitrogens with one attached hydrogen (secondary N) is 2. The van der Waals surface area contributed by atoms with Gasteiger partial charge >= 0.3 is 6.09 Å². The van der Waals surface area contributed by atoms with Gasteiger partial charge in [-0.2, -0.15) is 0 Å². The van der Waals surface area contributed by atoms with Crippen molar-refractivity contribution in [2.24, 2.45) is 0 Å². The van der Waals surface area contributed by atoms with Crippen molar-refractivity contribution in [1.82, 2.24) is 25.1 Å². The van der Waals surface area contributed by atoms with Gasteiger partial charge in [-0.15, -0.1) is 0 Å². The van der Waals surface area contributed by atoms with Crippen LogP contribution in [-0.2, 0) is 20.8 Å². The zero-order valence-corrected chi connectivity index (χ0v) is 18.5. The molecule has 1 aromatic heterocycles. The van der Waals surface area contributed by atoms with Gasteiger partial charge in [-0.3, -0.25) is 4.79 Å². The maximum atomic E-state index is 13.2. The van der Waals surface area contributed by atoms with Crippen molar-refractivity contribution in [2.75, 3.05) is 33.4 Å². The Morgan fingerprint density at radius 1 is 1.40 bits per heavy atom. The lowest BCUT2D eigenvalue weighted by Gasteiger charge is -2.33. The first-order valence-electron chi connectivity index (χ1n) is 11.0. The number of nitrogens with zero attached hydrogens (tertiary/aromatic N) is 3. The van der Waals surface area contributed by atoms with E-state index in [0.29, 0.717) is 19.7 Å². The van der Waals surface area contributed by atoms with Gasteiger partial charge in [0.25, 0.3) is 5.91 Å². The van der Waals surface area contributed by atoms with E-state index in [1.807, 2.05) is 4.90 Å². The molecule has 2 fully saturated rings. The summed E-state index contributed by atoms with van der Waals surface area (Å²) < 4.78 is 12.5. The summed E-state index contributed by atoms with van der Waals surface area (Å²) in [6.07, 6.45) is 4.06. The van der Waals surface area contributed by atoms with Crippen LogP contribution in [0.2, 0.25) is 0 Å². The third-order valence-electron chi connectivity index (χ3n) is 5.62. The van der Waals surface area contributed by atoms with Crippen molar-refractivity contribution in [1.29, 1.82) is 0 Å². The second-order valence-electron chi connectivity index (χ2n) is 8.36. The number of methoxy groups -OCH3 is 1. The number of ether oxygens (including phenoxy) is 2. The first-order valence-corrected chi connectivity index (χ1v) is 11.0. The van der Waals surface area contributed by atoms with E-state index in [0.717, 1.165) is 43.9 Å². The Bertz CT molecular complexity index is 725. The molecule has 2 aliphatic rings. The topological polar surface area (TPSA) is 97.7 Å². The molecule has 2 N–H and O–H groups in total. The summed E-state index contributed by atoms with van der Waals surface area (Å²) >= 11 is 0. The number of hydrogen-bond donors (Lipinski definition) is 2. The molecule has 1 aliphatic carbocycles. The summed E-state index contributed by atoms with van der Waals surface area (Å²) in [6.45, 7) is 9.48. The summed E-state index contributed by atoms with van der Waals surface area (Å²) in [5.74, 6) is 1.31. The van der Waals surface area contributed by atoms with Crippen molar-refractivity contribution in [2.45, 2.75) is 70.7 Å². The average Bonchev–Trinajstić information content (AvgIpc) is 3.48. The Morgan fingerprint density at radius 3 is 2.77 bits per heavy atom. The highest BCUT2D eigenvalue weighted by Crippen LogP contribution is 2.35. The van der Waals surface area contributed by atoms with Crippen LogP contribution in [0, 0.1) is 0 Å². The predicted molar refractivity (Wildman–Crippen MR) is 112 cm³/mol. The molecule has 9 heteroatoms. The summed E-state index contributed by atoms with van der Waals surface area (Å²) in [7, 11) is 1.36. The largest absolute Gasteiger partial charge is 0.453 e. The fourth-order valence-corrected chi connectivity index (χ4v) is 3.88. The van der Waals surface area contributed by atoms with E-state index in [2.05, 4.69) is 46.9 Å². The predicted octanol–water partition coefficient (Wildman–Crippen LogP) is 1.79. The number of aryl methyl sites for hydroxylation is 1. The van der Waals surface area contributed by atoms with Crippen LogP contribution in [0.3, 0.4) is 0 Å². The Kier molecular flexibility index (Phi) is 7.71. The Labute approximate surface area is 178 Å². The Morgan fingerprint density at radius 2 is 2.17 bits per heavy atom. The minimum Gasteiger partial charge on any atom is -0.453 e. The molecule has 0 radical (unpaired) electrons. The molecule has 0 aromatic carbocycles. The summed E-state index contributed by atoms with van der Waals surface area (Å²) in [4.78, 5) is 31.3. The molecule has 2 heterocycles. The molecule has 1 aliphatic heterocycles. The van der Waals surface area contributed by atoms with Crippen molar-refractivity contribution in [3.8, 4) is 0 Å². The molecule has 1 saturated carbocycles. The van der Waals surface area contributed by atoms with Gasteiger partial charge in [-0.1, -0.05) is 13.8 Å². The number of aromatic nitrogens is 2. The van der Waals surface area contributed by atoms with E-state index >= 15 is 0 Å². The van der Waals surface area contributed by atoms with Gasteiger partial charge in [-0.25, -0.2) is 9.78 Å². The molecule has 0 bridgehead atoms. The smallest absolute Gasteiger partial charge is 0.406 e. The van der Waals surface area contributed by atoms with Gasteiger partial charge in [0.05, 0.1) is 25.5 Å². The number of rotatable bonds is 9. The molecule has 9 nitrogen and oxygen atoms in total. The molecule has 1 saturated heterocycles. The van der Waals surface area contributed by atoms with Crippen molar-refractivity contribution in [3.63, 3.8) is 0 Å². The summed E-state index contributed by atoms with van der Waals surface area (Å²) in [5.41, 5.74) is 0.906. The quantitative estimate of drug-likeness (QED) is 0.590. The van der Waals surface area contributed by atoms with Crippen LogP contribution in [0.1, 0.15) is 63.5 Å². The third-order valence-corrected chi connectivity index (χ3v) is 5.62. The molecule has 0 spiro atoms. The first kappa shape index (κ1) is 22.6. The highest BCUT2D eigenvalue weighted by atomic mass is 16.5. The zero-order valence-electron chi connectivity index (χ0n) is 18.5. The minimum absolute atomic E-state index is 0.0557. The van der Waals surface area contributed by atoms with Crippen LogP contribution in [-0.4, -0.2) is 71.9 Å². The molecule has 1 aromatic rings. The normalized spacial score (nSPS) is 20.1. The average molecular weight is 422 g/mol. The summed E-state index contributed by atoms with van der Waals surface area (Å²) in [6, 6.07) is 0.164. The van der Waals surface area contributed by atoms with Gasteiger partial charge < -0.3 is 29.6 Å². The fraction of sp³-hybridized carbons (Fsp3) is 0.762. The molecule has 30 heavy (non-hydrogen) atoms. The number of hydrogen-bond acceptors (Lipinski definition) is 6. The van der Waals surface area contributed by atoms with Crippen LogP contribution >= 0.6 is 0 Å². The number of carbonyl (C=O) groups excluding carboxylic acids is 2. The van der Waals surface area contributed by atoms with Gasteiger partial charge in [0.15, 0.2) is 0 Å². The second-order valence-corrected chi connectivity index (χ2v) is 8.36. The molecule has 2 atom stereocenters. The van der Waals surface area contributed by atoms with E-state index in [1.165, 1.54) is 7.11 Å². The molecule has 0 unspecified atom stereocenters. The van der Waals surface area contributed by atoms with E-state index < -0.39 is 12.2 Å². The minimum atomic E-state index is -0.419. The fourth-order valence-electron chi connectivity index (χ4n) is 3.88. The first-order chi connectivity index (χ1) is 14.4. The van der Waals surface area contributed by atoms with Crippen molar-refractivity contribution >= 4 is 12.0 Å². The van der Waals surface area contributed by atoms with Crippen molar-refractivity contribution in [3.05, 3.63) is 17.7 Å². The lowest BCUT2D eigenvalue weighted by Crippen LogP contribution is -2.50. The number of alkyl carbamates (subject to hydrolysis) is 1. The molecular weight excluding hydrogens is 386 g/mol. The molecule has 3 rings (SSSR count). The van der Waals surface area contributed by atoms with E-state index in [9.17, 15) is 9.59 Å². The molecular formula is C21H35N5O4. The van der Waals surface area contributed by atoms with Gasteiger partial charge in [0.1, 0.15) is 11.9 Å². The SMILES string of the molecule is COC(=O)NCCCn1cc([C@@H](C)N(C(=O)[C@H]2CNCCO2)C2CC2)nc1C(C)C. The zero-order chi connectivity index (χ0) is 21.7. The molecule has 2 amide bonds. The number of carbonyl (C=O) groups is 2. The van der Waals surface area contributed by atoms with Gasteiger partial charge in [0.2, 0.25) is 0 Å². The molecule has 168 valence electrons. The lowest BCUT2D eigenvalue weighted by molar-refractivity contribution is -0.148. The Hall–Kier alpha value is -2.13. The second kappa shape index (κ2) is 10.3. The van der Waals surface area contributed by atoms with E-state index in [4.69, 9.17) is 9.72 Å².